The summed E-state index contributed by atoms with van der Waals surface area (Å²) in [5.74, 6) is 0. The lowest BCUT2D eigenvalue weighted by atomic mass is 9.84. The van der Waals surface area contributed by atoms with Crippen LogP contribution in [0.3, 0.4) is 0 Å². The lowest BCUT2D eigenvalue weighted by Gasteiger charge is -2.43. The number of nitrogens with zero attached hydrogens (tertiary/aromatic N) is 1. The van der Waals surface area contributed by atoms with E-state index in [1.807, 2.05) is 0 Å². The van der Waals surface area contributed by atoms with E-state index in [9.17, 15) is 0 Å². The molecular formula is C21H37N. The summed E-state index contributed by atoms with van der Waals surface area (Å²) in [6.45, 7) is 19.5. The minimum atomic E-state index is 0.283. The summed E-state index contributed by atoms with van der Waals surface area (Å²) < 4.78 is 0. The van der Waals surface area contributed by atoms with Crippen LogP contribution in [0.2, 0.25) is 0 Å². The van der Waals surface area contributed by atoms with Crippen LogP contribution in [0.25, 0.3) is 0 Å². The number of benzene rings is 1. The van der Waals surface area contributed by atoms with Crippen LogP contribution in [0.15, 0.2) is 24.3 Å². The van der Waals surface area contributed by atoms with E-state index in [1.54, 1.807) is 0 Å². The molecule has 1 fully saturated rings. The highest BCUT2D eigenvalue weighted by Gasteiger charge is 2.27. The lowest BCUT2D eigenvalue weighted by Crippen LogP contribution is -2.49. The van der Waals surface area contributed by atoms with Crippen LogP contribution in [0, 0.1) is 6.92 Å². The molecule has 0 N–H and O–H groups in total. The SMILES string of the molecule is CC1CCCCN1C(C)(C)C.Cc1ccccc1C(C)(C)C. The lowest BCUT2D eigenvalue weighted by molar-refractivity contribution is 0.0609. The second-order valence-corrected chi connectivity index (χ2v) is 8.77. The van der Waals surface area contributed by atoms with E-state index < -0.39 is 0 Å². The second-order valence-electron chi connectivity index (χ2n) is 8.77. The third-order valence-electron chi connectivity index (χ3n) is 4.62. The molecule has 1 saturated heterocycles. The molecular weight excluding hydrogens is 266 g/mol. The fourth-order valence-corrected chi connectivity index (χ4v) is 3.51. The van der Waals surface area contributed by atoms with Crippen LogP contribution < -0.4 is 0 Å². The molecule has 0 aliphatic carbocycles. The van der Waals surface area contributed by atoms with Crippen molar-refractivity contribution in [1.82, 2.24) is 4.90 Å². The van der Waals surface area contributed by atoms with Crippen LogP contribution in [0.4, 0.5) is 0 Å². The Kier molecular flexibility index (Phi) is 6.67. The average molecular weight is 304 g/mol. The van der Waals surface area contributed by atoms with Crippen molar-refractivity contribution in [3.63, 3.8) is 0 Å². The minimum absolute atomic E-state index is 0.283. The summed E-state index contributed by atoms with van der Waals surface area (Å²) in [6, 6.07) is 9.36. The fourth-order valence-electron chi connectivity index (χ4n) is 3.51. The molecule has 1 heterocycles. The molecule has 0 radical (unpaired) electrons. The molecule has 22 heavy (non-hydrogen) atoms. The number of hydrogen-bond acceptors (Lipinski definition) is 1. The van der Waals surface area contributed by atoms with Gasteiger partial charge in [0.1, 0.15) is 0 Å². The average Bonchev–Trinajstić information content (AvgIpc) is 2.37. The third kappa shape index (κ3) is 5.76. The van der Waals surface area contributed by atoms with Gasteiger partial charge in [-0.05, 0) is 70.5 Å². The zero-order valence-corrected chi connectivity index (χ0v) is 16.2. The maximum atomic E-state index is 2.62. The number of piperidine rings is 1. The number of hydrogen-bond donors (Lipinski definition) is 0. The quantitative estimate of drug-likeness (QED) is 0.572. The van der Waals surface area contributed by atoms with Gasteiger partial charge < -0.3 is 0 Å². The van der Waals surface area contributed by atoms with Gasteiger partial charge in [0, 0.05) is 11.6 Å². The molecule has 0 bridgehead atoms. The van der Waals surface area contributed by atoms with Crippen molar-refractivity contribution in [2.45, 2.75) is 91.6 Å². The predicted molar refractivity (Wildman–Crippen MR) is 99.7 cm³/mol. The van der Waals surface area contributed by atoms with E-state index in [2.05, 4.69) is 84.6 Å². The van der Waals surface area contributed by atoms with Crippen LogP contribution in [0.5, 0.6) is 0 Å². The van der Waals surface area contributed by atoms with E-state index in [1.165, 1.54) is 36.9 Å². The summed E-state index contributed by atoms with van der Waals surface area (Å²) in [7, 11) is 0. The standard InChI is InChI=1S/C11H16.C10H21N/c1-9-7-5-6-8-10(9)11(2,3)4;1-9-7-5-6-8-11(9)10(2,3)4/h5-8H,1-4H3;9H,5-8H2,1-4H3. The highest BCUT2D eigenvalue weighted by atomic mass is 15.2. The molecule has 1 aromatic rings. The Morgan fingerprint density at radius 3 is 1.91 bits per heavy atom. The van der Waals surface area contributed by atoms with Crippen molar-refractivity contribution in [2.75, 3.05) is 6.54 Å². The van der Waals surface area contributed by atoms with Crippen LogP contribution >= 0.6 is 0 Å². The van der Waals surface area contributed by atoms with Crippen LogP contribution in [-0.4, -0.2) is 23.0 Å². The van der Waals surface area contributed by atoms with Crippen molar-refractivity contribution in [3.8, 4) is 0 Å². The molecule has 126 valence electrons. The van der Waals surface area contributed by atoms with Gasteiger partial charge in [-0.1, -0.05) is 51.5 Å². The van der Waals surface area contributed by atoms with Gasteiger partial charge in [-0.15, -0.1) is 0 Å². The highest BCUT2D eigenvalue weighted by molar-refractivity contribution is 5.31. The van der Waals surface area contributed by atoms with Crippen molar-refractivity contribution in [1.29, 1.82) is 0 Å². The Hall–Kier alpha value is -0.820. The van der Waals surface area contributed by atoms with Crippen molar-refractivity contribution >= 4 is 0 Å². The summed E-state index contributed by atoms with van der Waals surface area (Å²) in [5, 5.41) is 0. The first kappa shape index (κ1) is 19.2. The molecule has 0 amide bonds. The molecule has 1 heteroatoms. The smallest absolute Gasteiger partial charge is 0.0127 e. The third-order valence-corrected chi connectivity index (χ3v) is 4.62. The van der Waals surface area contributed by atoms with Crippen molar-refractivity contribution in [3.05, 3.63) is 35.4 Å². The van der Waals surface area contributed by atoms with Gasteiger partial charge in [-0.3, -0.25) is 4.90 Å². The second kappa shape index (κ2) is 7.64. The Morgan fingerprint density at radius 2 is 1.55 bits per heavy atom. The molecule has 1 nitrogen and oxygen atoms in total. The molecule has 2 rings (SSSR count). The summed E-state index contributed by atoms with van der Waals surface area (Å²) in [6.07, 6.45) is 4.20. The van der Waals surface area contributed by atoms with Gasteiger partial charge in [0.15, 0.2) is 0 Å². The zero-order valence-electron chi connectivity index (χ0n) is 16.2. The Bertz CT molecular complexity index is 448. The van der Waals surface area contributed by atoms with E-state index in [-0.39, 0.29) is 5.41 Å². The van der Waals surface area contributed by atoms with E-state index in [0.717, 1.165) is 6.04 Å². The van der Waals surface area contributed by atoms with Gasteiger partial charge in [0.2, 0.25) is 0 Å². The monoisotopic (exact) mass is 303 g/mol. The Balaban J connectivity index is 0.000000220. The summed E-state index contributed by atoms with van der Waals surface area (Å²) >= 11 is 0. The number of rotatable bonds is 0. The molecule has 0 spiro atoms. The van der Waals surface area contributed by atoms with Gasteiger partial charge >= 0.3 is 0 Å². The number of aryl methyl sites for hydroxylation is 1. The molecule has 1 atom stereocenters. The van der Waals surface area contributed by atoms with E-state index in [0.29, 0.717) is 5.54 Å². The number of likely N-dealkylation sites (tertiary alicyclic amines) is 1. The van der Waals surface area contributed by atoms with Crippen LogP contribution in [-0.2, 0) is 5.41 Å². The maximum absolute atomic E-state index is 2.62. The Morgan fingerprint density at radius 1 is 0.955 bits per heavy atom. The predicted octanol–water partition coefficient (Wildman–Crippen LogP) is 5.95. The minimum Gasteiger partial charge on any atom is -0.296 e. The Labute approximate surface area is 139 Å². The first-order valence-corrected chi connectivity index (χ1v) is 8.86. The molecule has 1 aromatic carbocycles. The van der Waals surface area contributed by atoms with Gasteiger partial charge in [-0.25, -0.2) is 0 Å². The van der Waals surface area contributed by atoms with E-state index in [4.69, 9.17) is 0 Å². The topological polar surface area (TPSA) is 3.24 Å². The normalized spacial score (nSPS) is 20.3. The molecule has 1 aliphatic rings. The maximum Gasteiger partial charge on any atom is 0.0127 e. The van der Waals surface area contributed by atoms with Crippen LogP contribution in [0.1, 0.15) is 78.9 Å². The largest absolute Gasteiger partial charge is 0.296 e. The van der Waals surface area contributed by atoms with Gasteiger partial charge in [0.25, 0.3) is 0 Å². The highest BCUT2D eigenvalue weighted by Crippen LogP contribution is 2.25. The summed E-state index contributed by atoms with van der Waals surface area (Å²) in [5.41, 5.74) is 3.49. The molecule has 0 saturated carbocycles. The van der Waals surface area contributed by atoms with E-state index >= 15 is 0 Å². The molecule has 1 unspecified atom stereocenters. The van der Waals surface area contributed by atoms with Gasteiger partial charge in [-0.2, -0.15) is 0 Å². The van der Waals surface area contributed by atoms with Crippen molar-refractivity contribution in [2.24, 2.45) is 0 Å². The molecule has 0 aromatic heterocycles. The fraction of sp³-hybridized carbons (Fsp3) is 0.714. The summed E-state index contributed by atoms with van der Waals surface area (Å²) in [4.78, 5) is 2.62. The first-order chi connectivity index (χ1) is 10.0. The first-order valence-electron chi connectivity index (χ1n) is 8.86. The molecule has 1 aliphatic heterocycles. The zero-order chi connectivity index (χ0) is 17.0. The van der Waals surface area contributed by atoms with Gasteiger partial charge in [0.05, 0.1) is 0 Å². The van der Waals surface area contributed by atoms with Crippen molar-refractivity contribution < 1.29 is 0 Å².